The van der Waals surface area contributed by atoms with Gasteiger partial charge in [0.25, 0.3) is 0 Å². The summed E-state index contributed by atoms with van der Waals surface area (Å²) in [5, 5.41) is 13.8. The van der Waals surface area contributed by atoms with Crippen LogP contribution >= 0.6 is 0 Å². The Bertz CT molecular complexity index is 980. The Morgan fingerprint density at radius 1 is 1.12 bits per heavy atom. The van der Waals surface area contributed by atoms with Gasteiger partial charge in [-0.05, 0) is 18.2 Å². The first-order valence-electron chi connectivity index (χ1n) is 8.30. The lowest BCUT2D eigenvalue weighted by Crippen LogP contribution is -2.33. The molecule has 1 aliphatic rings. The fraction of sp³-hybridized carbons (Fsp3) is 0.150. The number of aromatic hydroxyl groups is 1. The topological polar surface area (TPSA) is 77.6 Å². The third-order valence-electron chi connectivity index (χ3n) is 4.64. The molecule has 3 aromatic rings. The molecule has 1 atom stereocenters. The van der Waals surface area contributed by atoms with E-state index in [-0.39, 0.29) is 11.8 Å². The standard InChI is InChI=1S/C20H19N3O3/c1-12(24)23-16-9-5-4-8-14(16)22-15-11-21-20(25)18(15)19(23)13-7-3-6-10-17(13)26-2/h3-11,19,21-22,25H,1-2H3. The summed E-state index contributed by atoms with van der Waals surface area (Å²) in [6.45, 7) is 1.52. The van der Waals surface area contributed by atoms with Crippen LogP contribution in [0.4, 0.5) is 17.1 Å². The van der Waals surface area contributed by atoms with Crippen LogP contribution in [-0.4, -0.2) is 23.1 Å². The first-order chi connectivity index (χ1) is 12.6. The molecule has 0 radical (unpaired) electrons. The molecule has 1 aliphatic heterocycles. The zero-order valence-electron chi connectivity index (χ0n) is 14.5. The highest BCUT2D eigenvalue weighted by atomic mass is 16.5. The Kier molecular flexibility index (Phi) is 3.80. The molecule has 3 N–H and O–H groups in total. The second kappa shape index (κ2) is 6.15. The maximum atomic E-state index is 12.7. The molecule has 0 fully saturated rings. The maximum Gasteiger partial charge on any atom is 0.224 e. The third kappa shape index (κ3) is 2.38. The monoisotopic (exact) mass is 349 g/mol. The Hall–Kier alpha value is -3.41. The summed E-state index contributed by atoms with van der Waals surface area (Å²) in [5.41, 5.74) is 3.64. The van der Waals surface area contributed by atoms with Crippen LogP contribution in [0.25, 0.3) is 0 Å². The zero-order valence-corrected chi connectivity index (χ0v) is 14.5. The van der Waals surface area contributed by atoms with Gasteiger partial charge in [0.05, 0.1) is 35.8 Å². The summed E-state index contributed by atoms with van der Waals surface area (Å²) in [6.07, 6.45) is 1.70. The number of nitrogens with zero attached hydrogens (tertiary/aromatic N) is 1. The number of methoxy groups -OCH3 is 1. The van der Waals surface area contributed by atoms with E-state index in [0.29, 0.717) is 11.3 Å². The molecule has 1 amide bonds. The number of amides is 1. The van der Waals surface area contributed by atoms with Crippen molar-refractivity contribution in [3.8, 4) is 11.6 Å². The lowest BCUT2D eigenvalue weighted by Gasteiger charge is -2.31. The molecule has 6 nitrogen and oxygen atoms in total. The first-order valence-corrected chi connectivity index (χ1v) is 8.30. The van der Waals surface area contributed by atoms with Gasteiger partial charge in [-0.25, -0.2) is 0 Å². The van der Waals surface area contributed by atoms with Gasteiger partial charge in [-0.15, -0.1) is 0 Å². The fourth-order valence-electron chi connectivity index (χ4n) is 3.54. The van der Waals surface area contributed by atoms with Crippen molar-refractivity contribution in [2.45, 2.75) is 13.0 Å². The van der Waals surface area contributed by atoms with E-state index in [4.69, 9.17) is 4.74 Å². The van der Waals surface area contributed by atoms with Gasteiger partial charge < -0.3 is 20.1 Å². The van der Waals surface area contributed by atoms with Crippen LogP contribution in [0.5, 0.6) is 11.6 Å². The first kappa shape index (κ1) is 16.1. The summed E-state index contributed by atoms with van der Waals surface area (Å²) in [6, 6.07) is 14.6. The highest BCUT2D eigenvalue weighted by molar-refractivity contribution is 5.99. The highest BCUT2D eigenvalue weighted by Gasteiger charge is 2.36. The van der Waals surface area contributed by atoms with Gasteiger partial charge in [0.2, 0.25) is 5.91 Å². The number of hydrogen-bond donors (Lipinski definition) is 3. The van der Waals surface area contributed by atoms with E-state index in [1.165, 1.54) is 6.92 Å². The highest BCUT2D eigenvalue weighted by Crippen LogP contribution is 2.48. The number of ether oxygens (including phenoxy) is 1. The van der Waals surface area contributed by atoms with Crippen LogP contribution in [0.2, 0.25) is 0 Å². The summed E-state index contributed by atoms with van der Waals surface area (Å²) >= 11 is 0. The van der Waals surface area contributed by atoms with Crippen molar-refractivity contribution in [3.63, 3.8) is 0 Å². The quantitative estimate of drug-likeness (QED) is 0.655. The number of aromatic amines is 1. The average Bonchev–Trinajstić information content (AvgIpc) is 2.92. The van der Waals surface area contributed by atoms with E-state index in [9.17, 15) is 9.90 Å². The van der Waals surface area contributed by atoms with E-state index in [2.05, 4.69) is 10.3 Å². The summed E-state index contributed by atoms with van der Waals surface area (Å²) in [7, 11) is 1.59. The number of H-pyrrole nitrogens is 1. The van der Waals surface area contributed by atoms with Crippen LogP contribution in [0.15, 0.2) is 54.7 Å². The molecule has 2 heterocycles. The molecule has 0 saturated carbocycles. The molecular formula is C20H19N3O3. The Morgan fingerprint density at radius 2 is 1.85 bits per heavy atom. The molecule has 6 heteroatoms. The second-order valence-electron chi connectivity index (χ2n) is 6.14. The van der Waals surface area contributed by atoms with Gasteiger partial charge in [0, 0.05) is 18.7 Å². The predicted molar refractivity (Wildman–Crippen MR) is 100 cm³/mol. The molecule has 0 saturated heterocycles. The molecule has 4 rings (SSSR count). The van der Waals surface area contributed by atoms with E-state index >= 15 is 0 Å². The number of benzene rings is 2. The van der Waals surface area contributed by atoms with E-state index in [0.717, 1.165) is 22.6 Å². The van der Waals surface area contributed by atoms with Crippen molar-refractivity contribution in [2.24, 2.45) is 0 Å². The molecular weight excluding hydrogens is 330 g/mol. The average molecular weight is 349 g/mol. The number of fused-ring (bicyclic) bond motifs is 2. The van der Waals surface area contributed by atoms with E-state index in [1.807, 2.05) is 48.5 Å². The molecule has 0 bridgehead atoms. The van der Waals surface area contributed by atoms with Gasteiger partial charge >= 0.3 is 0 Å². The zero-order chi connectivity index (χ0) is 18.3. The summed E-state index contributed by atoms with van der Waals surface area (Å²) in [5.74, 6) is 0.528. The summed E-state index contributed by atoms with van der Waals surface area (Å²) in [4.78, 5) is 17.2. The lowest BCUT2D eigenvalue weighted by atomic mass is 9.96. The predicted octanol–water partition coefficient (Wildman–Crippen LogP) is 3.93. The largest absolute Gasteiger partial charge is 0.496 e. The molecule has 0 spiro atoms. The minimum Gasteiger partial charge on any atom is -0.496 e. The summed E-state index contributed by atoms with van der Waals surface area (Å²) < 4.78 is 5.54. The molecule has 26 heavy (non-hydrogen) atoms. The third-order valence-corrected chi connectivity index (χ3v) is 4.64. The molecule has 1 aromatic heterocycles. The van der Waals surface area contributed by atoms with E-state index < -0.39 is 6.04 Å². The minimum absolute atomic E-state index is 0.0162. The van der Waals surface area contributed by atoms with Crippen molar-refractivity contribution < 1.29 is 14.6 Å². The van der Waals surface area contributed by atoms with Crippen LogP contribution < -0.4 is 15.0 Å². The molecule has 2 aromatic carbocycles. The molecule has 0 aliphatic carbocycles. The number of nitrogens with one attached hydrogen (secondary N) is 2. The second-order valence-corrected chi connectivity index (χ2v) is 6.14. The number of carbonyl (C=O) groups excluding carboxylic acids is 1. The number of carbonyl (C=O) groups is 1. The minimum atomic E-state index is -0.541. The van der Waals surface area contributed by atoms with Crippen molar-refractivity contribution >= 4 is 23.0 Å². The van der Waals surface area contributed by atoms with Gasteiger partial charge in [-0.1, -0.05) is 30.3 Å². The number of hydrogen-bond acceptors (Lipinski definition) is 4. The molecule has 132 valence electrons. The maximum absolute atomic E-state index is 12.7. The Morgan fingerprint density at radius 3 is 2.62 bits per heavy atom. The lowest BCUT2D eigenvalue weighted by molar-refractivity contribution is -0.116. The fourth-order valence-corrected chi connectivity index (χ4v) is 3.54. The van der Waals surface area contributed by atoms with Crippen molar-refractivity contribution in [1.29, 1.82) is 0 Å². The van der Waals surface area contributed by atoms with Crippen molar-refractivity contribution in [3.05, 3.63) is 65.9 Å². The van der Waals surface area contributed by atoms with Gasteiger partial charge in [-0.3, -0.25) is 9.69 Å². The van der Waals surface area contributed by atoms with Crippen LogP contribution in [-0.2, 0) is 4.79 Å². The number of aromatic nitrogens is 1. The number of anilines is 3. The van der Waals surface area contributed by atoms with Crippen LogP contribution in [0.3, 0.4) is 0 Å². The Labute approximate surface area is 151 Å². The number of rotatable bonds is 2. The Balaban J connectivity index is 2.05. The van der Waals surface area contributed by atoms with Crippen molar-refractivity contribution in [1.82, 2.24) is 4.98 Å². The normalized spacial score (nSPS) is 15.5. The van der Waals surface area contributed by atoms with Crippen molar-refractivity contribution in [2.75, 3.05) is 17.3 Å². The van der Waals surface area contributed by atoms with Gasteiger partial charge in [0.1, 0.15) is 5.75 Å². The van der Waals surface area contributed by atoms with Crippen LogP contribution in [0, 0.1) is 0 Å². The van der Waals surface area contributed by atoms with Crippen LogP contribution in [0.1, 0.15) is 24.1 Å². The number of para-hydroxylation sites is 3. The van der Waals surface area contributed by atoms with E-state index in [1.54, 1.807) is 18.2 Å². The smallest absolute Gasteiger partial charge is 0.224 e. The SMILES string of the molecule is COc1ccccc1C1c2c(c[nH]c2O)Nc2ccccc2N1C(C)=O. The molecule has 1 unspecified atom stereocenters. The van der Waals surface area contributed by atoms with Gasteiger partial charge in [0.15, 0.2) is 5.88 Å². The van der Waals surface area contributed by atoms with Gasteiger partial charge in [-0.2, -0.15) is 0 Å².